The Labute approximate surface area is 194 Å². The fourth-order valence-electron chi connectivity index (χ4n) is 2.97. The Morgan fingerprint density at radius 3 is 2.17 bits per heavy atom. The summed E-state index contributed by atoms with van der Waals surface area (Å²) < 4.78 is 5.22. The number of nitrogens with one attached hydrogen (secondary N) is 3. The maximum atomic E-state index is 11.6. The summed E-state index contributed by atoms with van der Waals surface area (Å²) in [4.78, 5) is 21.3. The summed E-state index contributed by atoms with van der Waals surface area (Å²) in [6, 6.07) is 0. The van der Waals surface area contributed by atoms with E-state index in [1.165, 1.54) is 32.6 Å². The number of likely N-dealkylation sites (N-methyl/N-ethyl adjacent to an activating group) is 1. The van der Waals surface area contributed by atoms with Crippen LogP contribution >= 0.6 is 24.0 Å². The molecular weight excluding hydrogens is 483 g/mol. The number of ether oxygens (including phenoxy) is 1. The number of hydrogen-bond donors (Lipinski definition) is 3. The first-order chi connectivity index (χ1) is 13.3. The summed E-state index contributed by atoms with van der Waals surface area (Å²) in [7, 11) is 0. The van der Waals surface area contributed by atoms with Gasteiger partial charge in [-0.05, 0) is 53.6 Å². The van der Waals surface area contributed by atoms with E-state index in [9.17, 15) is 4.79 Å². The number of carbonyl (C=O) groups is 1. The van der Waals surface area contributed by atoms with Gasteiger partial charge in [-0.25, -0.2) is 4.79 Å². The van der Waals surface area contributed by atoms with Crippen LogP contribution in [0.4, 0.5) is 4.79 Å². The van der Waals surface area contributed by atoms with Crippen LogP contribution < -0.4 is 16.0 Å². The molecule has 9 heteroatoms. The molecule has 0 aromatic carbocycles. The highest BCUT2D eigenvalue weighted by Gasteiger charge is 2.15. The molecule has 0 unspecified atom stereocenters. The van der Waals surface area contributed by atoms with Crippen molar-refractivity contribution in [2.24, 2.45) is 4.99 Å². The number of nitrogens with zero attached hydrogens (tertiary/aromatic N) is 3. The number of rotatable bonds is 10. The number of alkyl carbamates (subject to hydrolysis) is 1. The Balaban J connectivity index is 0.00000784. The zero-order valence-electron chi connectivity index (χ0n) is 19.1. The molecule has 29 heavy (non-hydrogen) atoms. The molecule has 1 amide bonds. The molecule has 8 nitrogen and oxygen atoms in total. The molecule has 0 atom stereocenters. The standard InChI is InChI=1S/C20H42N6O2.HI/c1-6-21-18(23-11-12-24-19(27)28-20(3,4)5)22-10-8-9-13-26-16-14-25(7-2)15-17-26;/h6-17H2,1-5H3,(H,24,27)(H2,21,22,23);1H. The van der Waals surface area contributed by atoms with Gasteiger partial charge in [-0.15, -0.1) is 24.0 Å². The van der Waals surface area contributed by atoms with Gasteiger partial charge in [0.25, 0.3) is 0 Å². The molecule has 0 saturated carbocycles. The van der Waals surface area contributed by atoms with E-state index in [1.54, 1.807) is 0 Å². The summed E-state index contributed by atoms with van der Waals surface area (Å²) in [5.74, 6) is 0.796. The first kappa shape index (κ1) is 28.2. The van der Waals surface area contributed by atoms with E-state index in [0.717, 1.165) is 38.6 Å². The maximum Gasteiger partial charge on any atom is 0.407 e. The normalized spacial score (nSPS) is 16.1. The van der Waals surface area contributed by atoms with Crippen molar-refractivity contribution < 1.29 is 9.53 Å². The molecule has 0 aliphatic carbocycles. The van der Waals surface area contributed by atoms with Crippen molar-refractivity contribution in [2.45, 2.75) is 53.1 Å². The highest BCUT2D eigenvalue weighted by molar-refractivity contribution is 14.0. The molecule has 1 rings (SSSR count). The highest BCUT2D eigenvalue weighted by Crippen LogP contribution is 2.06. The molecular formula is C20H43IN6O2. The van der Waals surface area contributed by atoms with Gasteiger partial charge < -0.3 is 30.5 Å². The summed E-state index contributed by atoms with van der Waals surface area (Å²) in [5, 5.41) is 9.22. The number of hydrogen-bond acceptors (Lipinski definition) is 5. The van der Waals surface area contributed by atoms with Gasteiger partial charge in [-0.2, -0.15) is 0 Å². The third-order valence-corrected chi connectivity index (χ3v) is 4.49. The number of carbonyl (C=O) groups excluding carboxylic acids is 1. The Kier molecular flexibility index (Phi) is 15.5. The van der Waals surface area contributed by atoms with Gasteiger partial charge in [-0.3, -0.25) is 4.99 Å². The number of piperazine rings is 1. The first-order valence-corrected chi connectivity index (χ1v) is 10.8. The molecule has 0 aromatic heterocycles. The lowest BCUT2D eigenvalue weighted by Crippen LogP contribution is -2.46. The van der Waals surface area contributed by atoms with Crippen molar-refractivity contribution in [3.8, 4) is 0 Å². The van der Waals surface area contributed by atoms with E-state index in [2.05, 4.69) is 37.7 Å². The van der Waals surface area contributed by atoms with Crippen molar-refractivity contribution in [1.29, 1.82) is 0 Å². The second-order valence-electron chi connectivity index (χ2n) is 8.10. The lowest BCUT2D eigenvalue weighted by atomic mass is 10.2. The van der Waals surface area contributed by atoms with Crippen molar-refractivity contribution in [3.63, 3.8) is 0 Å². The molecule has 0 aromatic rings. The molecule has 3 N–H and O–H groups in total. The van der Waals surface area contributed by atoms with Gasteiger partial charge in [-0.1, -0.05) is 6.92 Å². The average molecular weight is 527 g/mol. The van der Waals surface area contributed by atoms with Crippen LogP contribution in [-0.4, -0.2) is 92.9 Å². The minimum Gasteiger partial charge on any atom is -0.444 e. The van der Waals surface area contributed by atoms with E-state index in [4.69, 9.17) is 4.74 Å². The number of aliphatic imine (C=N–C) groups is 1. The van der Waals surface area contributed by atoms with Crippen LogP contribution in [0.2, 0.25) is 0 Å². The quantitative estimate of drug-likeness (QED) is 0.175. The third kappa shape index (κ3) is 14.8. The predicted molar refractivity (Wildman–Crippen MR) is 131 cm³/mol. The highest BCUT2D eigenvalue weighted by atomic mass is 127. The molecule has 172 valence electrons. The van der Waals surface area contributed by atoms with Crippen LogP contribution in [-0.2, 0) is 4.74 Å². The lowest BCUT2D eigenvalue weighted by Gasteiger charge is -2.33. The van der Waals surface area contributed by atoms with Crippen LogP contribution in [0.5, 0.6) is 0 Å². The second-order valence-corrected chi connectivity index (χ2v) is 8.10. The fourth-order valence-corrected chi connectivity index (χ4v) is 2.97. The van der Waals surface area contributed by atoms with Gasteiger partial charge in [0.05, 0.1) is 0 Å². The lowest BCUT2D eigenvalue weighted by molar-refractivity contribution is 0.0529. The van der Waals surface area contributed by atoms with Crippen LogP contribution in [0, 0.1) is 0 Å². The number of guanidine groups is 1. The Morgan fingerprint density at radius 2 is 1.59 bits per heavy atom. The van der Waals surface area contributed by atoms with Gasteiger partial charge in [0, 0.05) is 52.4 Å². The van der Waals surface area contributed by atoms with Crippen LogP contribution in [0.1, 0.15) is 47.5 Å². The Hall–Kier alpha value is -0.810. The first-order valence-electron chi connectivity index (χ1n) is 10.8. The molecule has 0 radical (unpaired) electrons. The second kappa shape index (κ2) is 16.0. The topological polar surface area (TPSA) is 81.2 Å². The van der Waals surface area contributed by atoms with Crippen molar-refractivity contribution in [2.75, 3.05) is 65.4 Å². The monoisotopic (exact) mass is 526 g/mol. The minimum atomic E-state index is -0.475. The fraction of sp³-hybridized carbons (Fsp3) is 0.900. The van der Waals surface area contributed by atoms with Gasteiger partial charge in [0.1, 0.15) is 5.60 Å². The molecule has 1 aliphatic heterocycles. The van der Waals surface area contributed by atoms with Crippen molar-refractivity contribution >= 4 is 36.0 Å². The summed E-state index contributed by atoms with van der Waals surface area (Å²) in [5.41, 5.74) is -0.475. The summed E-state index contributed by atoms with van der Waals surface area (Å²) in [6.07, 6.45) is 1.87. The van der Waals surface area contributed by atoms with E-state index in [1.807, 2.05) is 27.7 Å². The largest absolute Gasteiger partial charge is 0.444 e. The zero-order valence-corrected chi connectivity index (χ0v) is 21.4. The van der Waals surface area contributed by atoms with E-state index >= 15 is 0 Å². The predicted octanol–water partition coefficient (Wildman–Crippen LogP) is 2.10. The third-order valence-electron chi connectivity index (χ3n) is 4.49. The van der Waals surface area contributed by atoms with Crippen LogP contribution in [0.3, 0.4) is 0 Å². The summed E-state index contributed by atoms with van der Waals surface area (Å²) >= 11 is 0. The molecule has 1 saturated heterocycles. The molecule has 1 aliphatic rings. The number of amides is 1. The SMILES string of the molecule is CCNC(=NCCCCN1CCN(CC)CC1)NCCNC(=O)OC(C)(C)C.I. The van der Waals surface area contributed by atoms with Crippen LogP contribution in [0.25, 0.3) is 0 Å². The molecule has 0 spiro atoms. The summed E-state index contributed by atoms with van der Waals surface area (Å²) in [6.45, 7) is 19.6. The zero-order chi connectivity index (χ0) is 20.8. The van der Waals surface area contributed by atoms with Gasteiger partial charge in [0.2, 0.25) is 0 Å². The van der Waals surface area contributed by atoms with Gasteiger partial charge in [0.15, 0.2) is 5.96 Å². The van der Waals surface area contributed by atoms with E-state index in [-0.39, 0.29) is 24.0 Å². The minimum absolute atomic E-state index is 0. The molecule has 1 fully saturated rings. The Bertz CT molecular complexity index is 462. The van der Waals surface area contributed by atoms with Crippen molar-refractivity contribution in [1.82, 2.24) is 25.8 Å². The number of halogens is 1. The maximum absolute atomic E-state index is 11.6. The smallest absolute Gasteiger partial charge is 0.407 e. The van der Waals surface area contributed by atoms with E-state index in [0.29, 0.717) is 13.1 Å². The van der Waals surface area contributed by atoms with Crippen molar-refractivity contribution in [3.05, 3.63) is 0 Å². The molecule has 1 heterocycles. The average Bonchev–Trinajstić information content (AvgIpc) is 2.64. The number of unbranched alkanes of at least 4 members (excludes halogenated alkanes) is 1. The van der Waals surface area contributed by atoms with Crippen LogP contribution in [0.15, 0.2) is 4.99 Å². The molecule has 0 bridgehead atoms. The Morgan fingerprint density at radius 1 is 0.966 bits per heavy atom. The van der Waals surface area contributed by atoms with Gasteiger partial charge >= 0.3 is 6.09 Å². The van der Waals surface area contributed by atoms with E-state index < -0.39 is 11.7 Å².